The summed E-state index contributed by atoms with van der Waals surface area (Å²) in [6.45, 7) is 8.11. The maximum absolute atomic E-state index is 13.4. The molecule has 2 atom stereocenters. The highest BCUT2D eigenvalue weighted by molar-refractivity contribution is 6.06. The number of carbonyl (C=O) groups excluding carboxylic acids is 2. The quantitative estimate of drug-likeness (QED) is 0.470. The van der Waals surface area contributed by atoms with Gasteiger partial charge in [-0.2, -0.15) is 5.26 Å². The van der Waals surface area contributed by atoms with Crippen LogP contribution in [-0.2, 0) is 11.8 Å². The van der Waals surface area contributed by atoms with E-state index < -0.39 is 0 Å². The molecule has 3 aromatic rings. The Kier molecular flexibility index (Phi) is 7.25. The molecule has 5 rings (SSSR count). The van der Waals surface area contributed by atoms with Crippen LogP contribution in [0.4, 0.5) is 5.69 Å². The Bertz CT molecular complexity index is 1410. The number of nitrogens with zero attached hydrogens (tertiary/aromatic N) is 4. The highest BCUT2D eigenvalue weighted by Crippen LogP contribution is 2.40. The average molecular weight is 512 g/mol. The predicted octanol–water partition coefficient (Wildman–Crippen LogP) is 5.78. The number of hydrogen-bond donors (Lipinski definition) is 1. The molecule has 1 aliphatic carbocycles. The third kappa shape index (κ3) is 4.80. The van der Waals surface area contributed by atoms with Gasteiger partial charge in [-0.15, -0.1) is 0 Å². The Balaban J connectivity index is 1.34. The van der Waals surface area contributed by atoms with E-state index >= 15 is 0 Å². The molecule has 1 N–H and O–H groups in total. The number of rotatable bonds is 5. The molecule has 2 aromatic heterocycles. The van der Waals surface area contributed by atoms with E-state index in [0.717, 1.165) is 48.9 Å². The predicted molar refractivity (Wildman–Crippen MR) is 149 cm³/mol. The molecular weight excluding hydrogens is 474 g/mol. The Morgan fingerprint density at radius 2 is 1.92 bits per heavy atom. The molecule has 3 heterocycles. The third-order valence-electron chi connectivity index (χ3n) is 8.77. The summed E-state index contributed by atoms with van der Waals surface area (Å²) in [4.78, 5) is 33.1. The van der Waals surface area contributed by atoms with Gasteiger partial charge in [0.25, 0.3) is 5.91 Å². The number of carbonyl (C=O) groups is 2. The van der Waals surface area contributed by atoms with Gasteiger partial charge in [-0.25, -0.2) is 4.98 Å². The first kappa shape index (κ1) is 26.0. The smallest absolute Gasteiger partial charge is 0.255 e. The van der Waals surface area contributed by atoms with Gasteiger partial charge in [0.05, 0.1) is 23.5 Å². The zero-order valence-corrected chi connectivity index (χ0v) is 22.8. The molecule has 7 heteroatoms. The molecule has 1 aromatic carbocycles. The van der Waals surface area contributed by atoms with E-state index in [1.807, 2.05) is 14.0 Å². The Labute approximate surface area is 224 Å². The van der Waals surface area contributed by atoms with Crippen LogP contribution in [0.1, 0.15) is 78.9 Å². The van der Waals surface area contributed by atoms with E-state index in [1.54, 1.807) is 30.5 Å². The topological polar surface area (TPSA) is 91.0 Å². The number of likely N-dealkylation sites (tertiary alicyclic amines) is 1. The second-order valence-corrected chi connectivity index (χ2v) is 11.4. The van der Waals surface area contributed by atoms with Gasteiger partial charge in [-0.1, -0.05) is 26.3 Å². The molecule has 0 bridgehead atoms. The normalized spacial score (nSPS) is 20.2. The van der Waals surface area contributed by atoms with Crippen LogP contribution < -0.4 is 5.32 Å². The van der Waals surface area contributed by atoms with Crippen LogP contribution in [0.5, 0.6) is 0 Å². The molecular formula is C31H37N5O2. The van der Waals surface area contributed by atoms with Crippen LogP contribution in [-0.4, -0.2) is 39.4 Å². The minimum absolute atomic E-state index is 0.190. The number of aryl methyl sites for hydroxylation is 2. The number of anilines is 1. The number of benzene rings is 1. The zero-order chi connectivity index (χ0) is 27.0. The van der Waals surface area contributed by atoms with Gasteiger partial charge >= 0.3 is 0 Å². The molecule has 0 unspecified atom stereocenters. The second-order valence-electron chi connectivity index (χ2n) is 11.4. The fourth-order valence-electron chi connectivity index (χ4n) is 6.64. The number of hydrogen-bond acceptors (Lipinski definition) is 4. The molecule has 198 valence electrons. The van der Waals surface area contributed by atoms with Crippen molar-refractivity contribution in [2.75, 3.05) is 18.4 Å². The van der Waals surface area contributed by atoms with Crippen LogP contribution in [0.3, 0.4) is 0 Å². The lowest BCUT2D eigenvalue weighted by Gasteiger charge is -2.35. The molecule has 1 aliphatic heterocycles. The minimum Gasteiger partial charge on any atom is -0.342 e. The number of pyridine rings is 1. The summed E-state index contributed by atoms with van der Waals surface area (Å²) < 4.78 is 2.06. The van der Waals surface area contributed by atoms with Crippen molar-refractivity contribution in [1.29, 1.82) is 5.26 Å². The van der Waals surface area contributed by atoms with Crippen molar-refractivity contribution in [1.82, 2.24) is 14.5 Å². The maximum Gasteiger partial charge on any atom is 0.255 e. The first-order valence-electron chi connectivity index (χ1n) is 13.8. The Hall–Kier alpha value is -3.66. The number of nitrogens with one attached hydrogen (secondary N) is 1. The lowest BCUT2D eigenvalue weighted by atomic mass is 9.84. The standard InChI is InChI=1S/C31H37N5O2/c1-19(2)24-9-6-10-25(24)31(38)36-13-11-22(12-14-36)26-18-35(4)29-28(26)20(3)27(17-33-29)34-30(37)23-8-5-7-21(15-23)16-32/h5,7-8,15,17-19,22,24-25H,6,9-14H2,1-4H3,(H,34,37)/t24-,25+/m0/s1. The monoisotopic (exact) mass is 511 g/mol. The van der Waals surface area contributed by atoms with E-state index in [9.17, 15) is 14.9 Å². The van der Waals surface area contributed by atoms with E-state index in [-0.39, 0.29) is 11.8 Å². The van der Waals surface area contributed by atoms with Gasteiger partial charge in [-0.3, -0.25) is 9.59 Å². The number of amides is 2. The summed E-state index contributed by atoms with van der Waals surface area (Å²) in [5.74, 6) is 1.70. The van der Waals surface area contributed by atoms with E-state index in [2.05, 4.69) is 45.9 Å². The Morgan fingerprint density at radius 3 is 2.63 bits per heavy atom. The third-order valence-corrected chi connectivity index (χ3v) is 8.77. The zero-order valence-electron chi connectivity index (χ0n) is 22.8. The van der Waals surface area contributed by atoms with Crippen molar-refractivity contribution in [3.63, 3.8) is 0 Å². The number of nitriles is 1. The lowest BCUT2D eigenvalue weighted by Crippen LogP contribution is -2.42. The molecule has 2 amide bonds. The summed E-state index contributed by atoms with van der Waals surface area (Å²) in [5, 5.41) is 13.3. The molecule has 0 radical (unpaired) electrons. The van der Waals surface area contributed by atoms with Gasteiger partial charge in [0.2, 0.25) is 5.91 Å². The molecule has 2 fully saturated rings. The van der Waals surface area contributed by atoms with Crippen LogP contribution in [0, 0.1) is 36.0 Å². The van der Waals surface area contributed by atoms with Crippen LogP contribution in [0.15, 0.2) is 36.7 Å². The highest BCUT2D eigenvalue weighted by atomic mass is 16.2. The summed E-state index contributed by atoms with van der Waals surface area (Å²) >= 11 is 0. The molecule has 0 spiro atoms. The second kappa shape index (κ2) is 10.6. The summed E-state index contributed by atoms with van der Waals surface area (Å²) in [6, 6.07) is 8.77. The van der Waals surface area contributed by atoms with Crippen molar-refractivity contribution >= 4 is 28.5 Å². The van der Waals surface area contributed by atoms with Crippen molar-refractivity contribution in [3.8, 4) is 6.07 Å². The first-order valence-corrected chi connectivity index (χ1v) is 13.8. The maximum atomic E-state index is 13.4. The van der Waals surface area contributed by atoms with E-state index in [4.69, 9.17) is 0 Å². The molecule has 2 aliphatic rings. The fraction of sp³-hybridized carbons (Fsp3) is 0.484. The summed E-state index contributed by atoms with van der Waals surface area (Å²) in [7, 11) is 2.01. The lowest BCUT2D eigenvalue weighted by molar-refractivity contribution is -0.138. The summed E-state index contributed by atoms with van der Waals surface area (Å²) in [5.41, 5.74) is 4.68. The largest absolute Gasteiger partial charge is 0.342 e. The molecule has 1 saturated carbocycles. The molecule has 7 nitrogen and oxygen atoms in total. The number of aromatic nitrogens is 2. The highest BCUT2D eigenvalue weighted by Gasteiger charge is 2.38. The number of piperidine rings is 1. The SMILES string of the molecule is Cc1c(NC(=O)c2cccc(C#N)c2)cnc2c1c(C1CCN(C(=O)[C@@H]3CCC[C@H]3C(C)C)CC1)cn2C. The summed E-state index contributed by atoms with van der Waals surface area (Å²) in [6.07, 6.45) is 9.12. The van der Waals surface area contributed by atoms with E-state index in [1.165, 1.54) is 18.4 Å². The Morgan fingerprint density at radius 1 is 1.16 bits per heavy atom. The number of fused-ring (bicyclic) bond motifs is 1. The van der Waals surface area contributed by atoms with Crippen molar-refractivity contribution in [2.24, 2.45) is 24.8 Å². The van der Waals surface area contributed by atoms with Gasteiger partial charge in [0.1, 0.15) is 5.65 Å². The fourth-order valence-corrected chi connectivity index (χ4v) is 6.64. The van der Waals surface area contributed by atoms with Crippen LogP contribution in [0.25, 0.3) is 11.0 Å². The minimum atomic E-state index is -0.262. The van der Waals surface area contributed by atoms with Crippen molar-refractivity contribution in [2.45, 2.75) is 58.8 Å². The average Bonchev–Trinajstić information content (AvgIpc) is 3.55. The van der Waals surface area contributed by atoms with Gasteiger partial charge in [0.15, 0.2) is 0 Å². The van der Waals surface area contributed by atoms with Crippen molar-refractivity contribution < 1.29 is 9.59 Å². The first-order chi connectivity index (χ1) is 18.3. The van der Waals surface area contributed by atoms with Gasteiger partial charge in [0, 0.05) is 43.2 Å². The van der Waals surface area contributed by atoms with E-state index in [0.29, 0.717) is 40.5 Å². The molecule has 38 heavy (non-hydrogen) atoms. The molecule has 1 saturated heterocycles. The van der Waals surface area contributed by atoms with Crippen LogP contribution in [0.2, 0.25) is 0 Å². The van der Waals surface area contributed by atoms with Gasteiger partial charge in [-0.05, 0) is 79.7 Å². The van der Waals surface area contributed by atoms with Crippen molar-refractivity contribution in [3.05, 3.63) is 58.9 Å². The van der Waals surface area contributed by atoms with Crippen LogP contribution >= 0.6 is 0 Å². The van der Waals surface area contributed by atoms with Gasteiger partial charge < -0.3 is 14.8 Å².